The summed E-state index contributed by atoms with van der Waals surface area (Å²) in [6.07, 6.45) is 0. The van der Waals surface area contributed by atoms with Crippen LogP contribution < -0.4 is 0 Å². The van der Waals surface area contributed by atoms with Crippen molar-refractivity contribution in [1.82, 2.24) is 14.5 Å². The molecule has 10 aromatic rings. The molecule has 54 heavy (non-hydrogen) atoms. The van der Waals surface area contributed by atoms with E-state index in [9.17, 15) is 0 Å². The first-order chi connectivity index (χ1) is 26.5. The SMILES string of the molecule is CC1(C)c2cc3c(cc2-c2ccc4ccccc4c21)c1ccccc1n3-c1ccc(-c2cc(-c3ccccc3)nc(-c3ccccc3)n2)c2ccccc12. The smallest absolute Gasteiger partial charge is 0.160 e. The molecule has 0 N–H and O–H groups in total. The van der Waals surface area contributed by atoms with E-state index in [0.717, 1.165) is 39.2 Å². The minimum absolute atomic E-state index is 0.160. The van der Waals surface area contributed by atoms with Crippen LogP contribution in [0.1, 0.15) is 25.0 Å². The van der Waals surface area contributed by atoms with E-state index in [4.69, 9.17) is 9.97 Å². The van der Waals surface area contributed by atoms with Crippen LogP contribution in [0.3, 0.4) is 0 Å². The molecule has 3 heteroatoms. The fourth-order valence-corrected chi connectivity index (χ4v) is 9.08. The summed E-state index contributed by atoms with van der Waals surface area (Å²) in [5.41, 5.74) is 13.8. The highest BCUT2D eigenvalue weighted by atomic mass is 15.0. The molecular formula is C51H35N3. The number of aromatic nitrogens is 3. The molecule has 0 spiro atoms. The molecule has 1 aliphatic carbocycles. The van der Waals surface area contributed by atoms with Crippen LogP contribution in [-0.2, 0) is 5.41 Å². The van der Waals surface area contributed by atoms with Gasteiger partial charge in [-0.05, 0) is 68.7 Å². The molecule has 0 unspecified atom stereocenters. The van der Waals surface area contributed by atoms with Gasteiger partial charge in [-0.25, -0.2) is 9.97 Å². The van der Waals surface area contributed by atoms with Crippen molar-refractivity contribution in [1.29, 1.82) is 0 Å². The third-order valence-electron chi connectivity index (χ3n) is 11.6. The molecule has 0 atom stereocenters. The molecule has 0 fully saturated rings. The largest absolute Gasteiger partial charge is 0.309 e. The summed E-state index contributed by atoms with van der Waals surface area (Å²) >= 11 is 0. The highest BCUT2D eigenvalue weighted by molar-refractivity contribution is 6.14. The van der Waals surface area contributed by atoms with E-state index < -0.39 is 0 Å². The van der Waals surface area contributed by atoms with Gasteiger partial charge in [0.15, 0.2) is 5.82 Å². The van der Waals surface area contributed by atoms with Crippen LogP contribution in [0.2, 0.25) is 0 Å². The molecule has 0 saturated carbocycles. The first-order valence-corrected chi connectivity index (χ1v) is 18.7. The van der Waals surface area contributed by atoms with Crippen molar-refractivity contribution in [2.75, 3.05) is 0 Å². The second-order valence-electron chi connectivity index (χ2n) is 15.0. The number of hydrogen-bond donors (Lipinski definition) is 0. The van der Waals surface area contributed by atoms with Crippen LogP contribution in [0.5, 0.6) is 0 Å². The van der Waals surface area contributed by atoms with Crippen LogP contribution in [0.4, 0.5) is 0 Å². The minimum Gasteiger partial charge on any atom is -0.309 e. The van der Waals surface area contributed by atoms with Gasteiger partial charge in [0.25, 0.3) is 0 Å². The van der Waals surface area contributed by atoms with Crippen LogP contribution in [0, 0.1) is 0 Å². The predicted octanol–water partition coefficient (Wildman–Crippen LogP) is 13.2. The molecule has 2 aromatic heterocycles. The number of para-hydroxylation sites is 1. The molecular weight excluding hydrogens is 655 g/mol. The predicted molar refractivity (Wildman–Crippen MR) is 225 cm³/mol. The van der Waals surface area contributed by atoms with Gasteiger partial charge in [0.1, 0.15) is 0 Å². The van der Waals surface area contributed by atoms with E-state index in [2.05, 4.69) is 170 Å². The van der Waals surface area contributed by atoms with Gasteiger partial charge in [0.2, 0.25) is 0 Å². The quantitative estimate of drug-likeness (QED) is 0.184. The number of nitrogens with zero attached hydrogens (tertiary/aromatic N) is 3. The average Bonchev–Trinajstić information content (AvgIpc) is 3.67. The molecule has 2 heterocycles. The van der Waals surface area contributed by atoms with Crippen LogP contribution >= 0.6 is 0 Å². The summed E-state index contributed by atoms with van der Waals surface area (Å²) in [6.45, 7) is 4.78. The standard InChI is InChI=1S/C51H35N3/c1-51(2)43-30-48-42(29-41(43)40-26-25-32-15-9-10-20-35(32)49(40)51)39-23-13-14-24-46(39)54(48)47-28-27-37(36-21-11-12-22-38(36)47)45-31-44(33-16-5-3-6-17-33)52-50(53-45)34-18-7-4-8-19-34/h3-31H,1-2H3. The molecule has 0 radical (unpaired) electrons. The third kappa shape index (κ3) is 4.48. The summed E-state index contributed by atoms with van der Waals surface area (Å²) in [4.78, 5) is 10.3. The van der Waals surface area contributed by atoms with Gasteiger partial charge in [-0.1, -0.05) is 159 Å². The van der Waals surface area contributed by atoms with Crippen molar-refractivity contribution < 1.29 is 0 Å². The first kappa shape index (κ1) is 30.8. The minimum atomic E-state index is -0.160. The molecule has 3 nitrogen and oxygen atoms in total. The van der Waals surface area contributed by atoms with E-state index >= 15 is 0 Å². The van der Waals surface area contributed by atoms with Gasteiger partial charge >= 0.3 is 0 Å². The molecule has 254 valence electrons. The van der Waals surface area contributed by atoms with Crippen molar-refractivity contribution >= 4 is 43.4 Å². The topological polar surface area (TPSA) is 30.7 Å². The maximum absolute atomic E-state index is 5.22. The van der Waals surface area contributed by atoms with Crippen LogP contribution in [-0.4, -0.2) is 14.5 Å². The molecule has 0 bridgehead atoms. The summed E-state index contributed by atoms with van der Waals surface area (Å²) in [5, 5.41) is 7.48. The second kappa shape index (κ2) is 11.6. The lowest BCUT2D eigenvalue weighted by Gasteiger charge is -2.23. The van der Waals surface area contributed by atoms with Gasteiger partial charge < -0.3 is 4.57 Å². The lowest BCUT2D eigenvalue weighted by molar-refractivity contribution is 0.667. The zero-order valence-electron chi connectivity index (χ0n) is 30.1. The average molecular weight is 690 g/mol. The van der Waals surface area contributed by atoms with Gasteiger partial charge in [-0.2, -0.15) is 0 Å². The van der Waals surface area contributed by atoms with E-state index in [1.54, 1.807) is 0 Å². The maximum Gasteiger partial charge on any atom is 0.160 e. The van der Waals surface area contributed by atoms with Crippen LogP contribution in [0.15, 0.2) is 176 Å². The summed E-state index contributed by atoms with van der Waals surface area (Å²) in [7, 11) is 0. The lowest BCUT2D eigenvalue weighted by atomic mass is 9.80. The normalized spacial score (nSPS) is 13.1. The molecule has 0 amide bonds. The Morgan fingerprint density at radius 3 is 1.85 bits per heavy atom. The molecule has 11 rings (SSSR count). The Labute approximate surface area is 313 Å². The monoisotopic (exact) mass is 689 g/mol. The van der Waals surface area contributed by atoms with Gasteiger partial charge in [-0.15, -0.1) is 0 Å². The van der Waals surface area contributed by atoms with Gasteiger partial charge in [0.05, 0.1) is 28.1 Å². The molecule has 1 aliphatic rings. The van der Waals surface area contributed by atoms with Crippen molar-refractivity contribution in [2.45, 2.75) is 19.3 Å². The van der Waals surface area contributed by atoms with E-state index in [0.29, 0.717) is 5.82 Å². The molecule has 8 aromatic carbocycles. The zero-order chi connectivity index (χ0) is 36.0. The third-order valence-corrected chi connectivity index (χ3v) is 11.6. The number of rotatable bonds is 4. The first-order valence-electron chi connectivity index (χ1n) is 18.7. The Balaban J connectivity index is 1.15. The van der Waals surface area contributed by atoms with Crippen molar-refractivity contribution in [3.05, 3.63) is 187 Å². The van der Waals surface area contributed by atoms with Crippen molar-refractivity contribution in [3.63, 3.8) is 0 Å². The number of fused-ring (bicyclic) bond motifs is 9. The Morgan fingerprint density at radius 2 is 1.06 bits per heavy atom. The highest BCUT2D eigenvalue weighted by Gasteiger charge is 2.38. The van der Waals surface area contributed by atoms with Crippen LogP contribution in [0.25, 0.3) is 94.1 Å². The van der Waals surface area contributed by atoms with E-state index in [1.165, 1.54) is 60.2 Å². The Hall–Kier alpha value is -6.84. The van der Waals surface area contributed by atoms with E-state index in [1.807, 2.05) is 24.3 Å². The molecule has 0 saturated heterocycles. The number of hydrogen-bond acceptors (Lipinski definition) is 2. The summed E-state index contributed by atoms with van der Waals surface area (Å²) in [5.74, 6) is 0.716. The van der Waals surface area contributed by atoms with Gasteiger partial charge in [-0.3, -0.25) is 0 Å². The molecule has 0 aliphatic heterocycles. The maximum atomic E-state index is 5.22. The Kier molecular flexibility index (Phi) is 6.60. The Morgan fingerprint density at radius 1 is 0.426 bits per heavy atom. The fourth-order valence-electron chi connectivity index (χ4n) is 9.08. The second-order valence-corrected chi connectivity index (χ2v) is 15.0. The zero-order valence-corrected chi connectivity index (χ0v) is 30.1. The van der Waals surface area contributed by atoms with E-state index in [-0.39, 0.29) is 5.41 Å². The Bertz CT molecular complexity index is 3060. The van der Waals surface area contributed by atoms with Crippen molar-refractivity contribution in [3.8, 4) is 50.7 Å². The lowest BCUT2D eigenvalue weighted by Crippen LogP contribution is -2.15. The van der Waals surface area contributed by atoms with Gasteiger partial charge in [0, 0.05) is 38.3 Å². The summed E-state index contributed by atoms with van der Waals surface area (Å²) < 4.78 is 2.49. The number of benzene rings is 8. The summed E-state index contributed by atoms with van der Waals surface area (Å²) in [6, 6.07) is 63.3. The highest BCUT2D eigenvalue weighted by Crippen LogP contribution is 2.53. The van der Waals surface area contributed by atoms with Crippen molar-refractivity contribution in [2.24, 2.45) is 0 Å². The fraction of sp³-hybridized carbons (Fsp3) is 0.0588.